The van der Waals surface area contributed by atoms with Crippen molar-refractivity contribution in [2.45, 2.75) is 51.9 Å². The summed E-state index contributed by atoms with van der Waals surface area (Å²) in [5, 5.41) is 8.56. The lowest BCUT2D eigenvalue weighted by molar-refractivity contribution is -0.137. The maximum atomic E-state index is 11.8. The highest BCUT2D eigenvalue weighted by atomic mass is 16.4. The molecule has 0 radical (unpaired) electrons. The van der Waals surface area contributed by atoms with Gasteiger partial charge in [-0.2, -0.15) is 0 Å². The molecule has 0 atom stereocenters. The Morgan fingerprint density at radius 1 is 1.04 bits per heavy atom. The minimum absolute atomic E-state index is 0.0359. The van der Waals surface area contributed by atoms with E-state index in [0.29, 0.717) is 12.0 Å². The fourth-order valence-electron chi connectivity index (χ4n) is 2.22. The minimum Gasteiger partial charge on any atom is -0.481 e. The molecule has 0 aliphatic heterocycles. The zero-order chi connectivity index (χ0) is 16.9. The van der Waals surface area contributed by atoms with E-state index in [2.05, 4.69) is 13.0 Å². The van der Waals surface area contributed by atoms with E-state index in [1.807, 2.05) is 36.5 Å². The lowest BCUT2D eigenvalue weighted by Crippen LogP contribution is -1.93. The molecule has 1 rings (SSSR count). The molecule has 3 nitrogen and oxygen atoms in total. The van der Waals surface area contributed by atoms with Gasteiger partial charge >= 0.3 is 5.97 Å². The summed E-state index contributed by atoms with van der Waals surface area (Å²) in [6.07, 6.45) is 21.3. The molecule has 1 N–H and O–H groups in total. The molecule has 124 valence electrons. The second kappa shape index (κ2) is 11.4. The second-order valence-electron chi connectivity index (χ2n) is 5.54. The van der Waals surface area contributed by atoms with Gasteiger partial charge < -0.3 is 5.11 Å². The molecule has 0 amide bonds. The van der Waals surface area contributed by atoms with Crippen molar-refractivity contribution in [3.63, 3.8) is 0 Å². The van der Waals surface area contributed by atoms with Crippen LogP contribution in [0.2, 0.25) is 0 Å². The first-order valence-electron chi connectivity index (χ1n) is 8.33. The molecule has 0 fully saturated rings. The molecular weight excluding hydrogens is 288 g/mol. The van der Waals surface area contributed by atoms with Gasteiger partial charge in [0.05, 0.1) is 0 Å². The van der Waals surface area contributed by atoms with Crippen molar-refractivity contribution in [2.75, 3.05) is 0 Å². The first-order chi connectivity index (χ1) is 11.1. The van der Waals surface area contributed by atoms with Crippen LogP contribution in [-0.2, 0) is 9.59 Å². The van der Waals surface area contributed by atoms with Crippen LogP contribution in [0.4, 0.5) is 0 Å². The Hall–Kier alpha value is -2.16. The zero-order valence-electron chi connectivity index (χ0n) is 13.8. The Kier molecular flexibility index (Phi) is 9.37. The smallest absolute Gasteiger partial charge is 0.303 e. The SMILES string of the molecule is CCCCC/C=C/C=C1/C(=O)C=C/C1=C/C=C\CCCC(=O)O. The number of hydrogen-bond acceptors (Lipinski definition) is 2. The van der Waals surface area contributed by atoms with E-state index in [0.717, 1.165) is 18.4 Å². The molecular formula is C20H26O3. The number of carbonyl (C=O) groups excluding carboxylic acids is 1. The molecule has 0 spiro atoms. The number of ketones is 1. The van der Waals surface area contributed by atoms with Gasteiger partial charge in [-0.05, 0) is 37.3 Å². The molecule has 0 aromatic carbocycles. The first-order valence-corrected chi connectivity index (χ1v) is 8.33. The van der Waals surface area contributed by atoms with Crippen LogP contribution in [0.25, 0.3) is 0 Å². The summed E-state index contributed by atoms with van der Waals surface area (Å²) in [6, 6.07) is 0. The molecule has 0 bridgehead atoms. The Morgan fingerprint density at radius 3 is 2.43 bits per heavy atom. The first kappa shape index (κ1) is 18.9. The van der Waals surface area contributed by atoms with Gasteiger partial charge in [0.15, 0.2) is 5.78 Å². The van der Waals surface area contributed by atoms with E-state index in [4.69, 9.17) is 5.11 Å². The average Bonchev–Trinajstić information content (AvgIpc) is 2.86. The Labute approximate surface area is 138 Å². The minimum atomic E-state index is -0.767. The molecule has 0 aromatic heterocycles. The number of aliphatic carboxylic acids is 1. The van der Waals surface area contributed by atoms with Crippen LogP contribution in [0.5, 0.6) is 0 Å². The highest BCUT2D eigenvalue weighted by Gasteiger charge is 2.14. The molecule has 1 aliphatic carbocycles. The van der Waals surface area contributed by atoms with Crippen molar-refractivity contribution in [2.24, 2.45) is 0 Å². The van der Waals surface area contributed by atoms with Crippen LogP contribution in [0.15, 0.2) is 59.8 Å². The normalized spacial score (nSPS) is 18.2. The van der Waals surface area contributed by atoms with Crippen LogP contribution in [0.1, 0.15) is 51.9 Å². The van der Waals surface area contributed by atoms with Crippen LogP contribution < -0.4 is 0 Å². The largest absolute Gasteiger partial charge is 0.481 e. The highest BCUT2D eigenvalue weighted by molar-refractivity contribution is 6.12. The third-order valence-electron chi connectivity index (χ3n) is 3.54. The van der Waals surface area contributed by atoms with Gasteiger partial charge in [-0.3, -0.25) is 9.59 Å². The summed E-state index contributed by atoms with van der Waals surface area (Å²) in [5.41, 5.74) is 1.62. The number of carboxylic acids is 1. The van der Waals surface area contributed by atoms with Gasteiger partial charge in [0.2, 0.25) is 0 Å². The third-order valence-corrected chi connectivity index (χ3v) is 3.54. The Morgan fingerprint density at radius 2 is 1.74 bits per heavy atom. The number of allylic oxidation sites excluding steroid dienone is 10. The molecule has 23 heavy (non-hydrogen) atoms. The fourth-order valence-corrected chi connectivity index (χ4v) is 2.22. The summed E-state index contributed by atoms with van der Waals surface area (Å²) in [5.74, 6) is -0.731. The number of hydrogen-bond donors (Lipinski definition) is 1. The van der Waals surface area contributed by atoms with E-state index < -0.39 is 5.97 Å². The lowest BCUT2D eigenvalue weighted by Gasteiger charge is -1.96. The van der Waals surface area contributed by atoms with Gasteiger partial charge in [0, 0.05) is 12.0 Å². The number of carboxylic acid groups (broad SMARTS) is 1. The maximum absolute atomic E-state index is 11.8. The monoisotopic (exact) mass is 314 g/mol. The maximum Gasteiger partial charge on any atom is 0.303 e. The van der Waals surface area contributed by atoms with E-state index in [1.54, 1.807) is 6.08 Å². The summed E-state index contributed by atoms with van der Waals surface area (Å²) >= 11 is 0. The predicted octanol–water partition coefficient (Wildman–Crippen LogP) is 4.93. The van der Waals surface area contributed by atoms with Crippen LogP contribution >= 0.6 is 0 Å². The Balaban J connectivity index is 2.50. The molecule has 3 heteroatoms. The van der Waals surface area contributed by atoms with Crippen LogP contribution in [0, 0.1) is 0 Å². The van der Waals surface area contributed by atoms with E-state index in [9.17, 15) is 9.59 Å². The third kappa shape index (κ3) is 8.15. The molecule has 1 aliphatic rings. The fraction of sp³-hybridized carbons (Fsp3) is 0.400. The van der Waals surface area contributed by atoms with Gasteiger partial charge in [-0.25, -0.2) is 0 Å². The van der Waals surface area contributed by atoms with Crippen molar-refractivity contribution >= 4 is 11.8 Å². The van der Waals surface area contributed by atoms with E-state index in [1.165, 1.54) is 19.3 Å². The average molecular weight is 314 g/mol. The molecule has 0 unspecified atom stereocenters. The Bertz CT molecular complexity index is 545. The summed E-state index contributed by atoms with van der Waals surface area (Å²) in [4.78, 5) is 22.2. The van der Waals surface area contributed by atoms with E-state index >= 15 is 0 Å². The van der Waals surface area contributed by atoms with Crippen LogP contribution in [-0.4, -0.2) is 16.9 Å². The van der Waals surface area contributed by atoms with Crippen LogP contribution in [0.3, 0.4) is 0 Å². The number of rotatable bonds is 10. The molecule has 0 aromatic rings. The summed E-state index contributed by atoms with van der Waals surface area (Å²) in [7, 11) is 0. The molecule has 0 heterocycles. The van der Waals surface area contributed by atoms with E-state index in [-0.39, 0.29) is 12.2 Å². The number of unbranched alkanes of at least 4 members (excludes halogenated alkanes) is 4. The quantitative estimate of drug-likeness (QED) is 0.459. The zero-order valence-corrected chi connectivity index (χ0v) is 13.8. The van der Waals surface area contributed by atoms with Gasteiger partial charge in [-0.1, -0.05) is 62.3 Å². The molecule has 0 saturated carbocycles. The standard InChI is InChI=1S/C20H26O3/c1-2-3-4-5-6-10-13-18-17(15-16-19(18)21)12-9-7-8-11-14-20(22)23/h6-7,9-10,12-13,15-16H,2-5,8,11,14H2,1H3,(H,22,23)/b9-7-,10-6+,17-12-,18-13+. The topological polar surface area (TPSA) is 54.4 Å². The summed E-state index contributed by atoms with van der Waals surface area (Å²) in [6.45, 7) is 2.18. The van der Waals surface area contributed by atoms with Crippen molar-refractivity contribution in [3.8, 4) is 0 Å². The van der Waals surface area contributed by atoms with Crippen molar-refractivity contribution in [1.29, 1.82) is 0 Å². The number of carbonyl (C=O) groups is 2. The van der Waals surface area contributed by atoms with Gasteiger partial charge in [-0.15, -0.1) is 0 Å². The van der Waals surface area contributed by atoms with Gasteiger partial charge in [0.25, 0.3) is 0 Å². The summed E-state index contributed by atoms with van der Waals surface area (Å²) < 4.78 is 0. The van der Waals surface area contributed by atoms with Crippen molar-refractivity contribution < 1.29 is 14.7 Å². The molecule has 0 saturated heterocycles. The highest BCUT2D eigenvalue weighted by Crippen LogP contribution is 2.21. The van der Waals surface area contributed by atoms with Crippen molar-refractivity contribution in [1.82, 2.24) is 0 Å². The van der Waals surface area contributed by atoms with Crippen molar-refractivity contribution in [3.05, 3.63) is 59.8 Å². The lowest BCUT2D eigenvalue weighted by atomic mass is 10.1. The second-order valence-corrected chi connectivity index (χ2v) is 5.54. The van der Waals surface area contributed by atoms with Gasteiger partial charge in [0.1, 0.15) is 0 Å². The predicted molar refractivity (Wildman–Crippen MR) is 94.2 cm³/mol.